The molecule has 0 saturated carbocycles. The van der Waals surface area contributed by atoms with Crippen LogP contribution >= 0.6 is 0 Å². The van der Waals surface area contributed by atoms with Crippen molar-refractivity contribution in [1.29, 1.82) is 0 Å². The Morgan fingerprint density at radius 2 is 1.83 bits per heavy atom. The number of nitrogens with zero attached hydrogens (tertiary/aromatic N) is 2. The van der Waals surface area contributed by atoms with Crippen LogP contribution in [0, 0.1) is 0 Å². The number of aromatic hydroxyl groups is 1. The molecule has 0 aliphatic heterocycles. The number of nitrogens with one attached hydrogen (secondary N) is 2. The number of aromatic nitrogens is 2. The molecule has 1 aromatic heterocycles. The third-order valence-corrected chi connectivity index (χ3v) is 5.59. The minimum atomic E-state index is -0.363. The van der Waals surface area contributed by atoms with Gasteiger partial charge >= 0.3 is 0 Å². The Morgan fingerprint density at radius 3 is 2.63 bits per heavy atom. The number of phenols is 1. The van der Waals surface area contributed by atoms with Crippen LogP contribution in [-0.2, 0) is 12.8 Å². The first-order valence-corrected chi connectivity index (χ1v) is 9.83. The molecule has 0 radical (unpaired) electrons. The van der Waals surface area contributed by atoms with Crippen molar-refractivity contribution >= 4 is 22.4 Å². The van der Waals surface area contributed by atoms with Gasteiger partial charge in [0.1, 0.15) is 11.4 Å². The van der Waals surface area contributed by atoms with Crippen molar-refractivity contribution in [2.24, 2.45) is 5.10 Å². The molecule has 5 rings (SSSR count). The predicted octanol–water partition coefficient (Wildman–Crippen LogP) is 4.19. The molecular weight excluding hydrogens is 376 g/mol. The van der Waals surface area contributed by atoms with Gasteiger partial charge in [-0.25, -0.2) is 5.43 Å². The highest BCUT2D eigenvalue weighted by molar-refractivity contribution is 6.03. The monoisotopic (exact) mass is 396 g/mol. The second-order valence-electron chi connectivity index (χ2n) is 7.46. The van der Waals surface area contributed by atoms with Crippen LogP contribution in [0.15, 0.2) is 65.8 Å². The Labute approximate surface area is 173 Å². The first-order valence-electron chi connectivity index (χ1n) is 9.83. The van der Waals surface area contributed by atoms with E-state index in [4.69, 9.17) is 0 Å². The van der Waals surface area contributed by atoms with E-state index >= 15 is 0 Å². The number of hydrogen-bond donors (Lipinski definition) is 3. The second kappa shape index (κ2) is 7.15. The highest BCUT2D eigenvalue weighted by Crippen LogP contribution is 2.36. The third-order valence-electron chi connectivity index (χ3n) is 5.59. The molecule has 0 atom stereocenters. The lowest BCUT2D eigenvalue weighted by Crippen LogP contribution is -2.19. The zero-order chi connectivity index (χ0) is 20.7. The molecule has 4 aromatic rings. The first kappa shape index (κ1) is 18.1. The summed E-state index contributed by atoms with van der Waals surface area (Å²) < 4.78 is 0. The SMILES string of the molecule is C/C(=N\NC(=O)c1cc(-c2ccc3c4c(cccc24)CC3)n[nH]1)c1ccc(O)cc1. The van der Waals surface area contributed by atoms with E-state index < -0.39 is 0 Å². The number of phenolic OH excluding ortho intramolecular Hbond substituents is 1. The summed E-state index contributed by atoms with van der Waals surface area (Å²) in [6, 6.07) is 19.0. The van der Waals surface area contributed by atoms with Crippen LogP contribution in [-0.4, -0.2) is 26.9 Å². The topological polar surface area (TPSA) is 90.4 Å². The fourth-order valence-corrected chi connectivity index (χ4v) is 4.01. The molecule has 0 unspecified atom stereocenters. The molecule has 0 fully saturated rings. The first-order chi connectivity index (χ1) is 14.6. The molecule has 30 heavy (non-hydrogen) atoms. The van der Waals surface area contributed by atoms with Crippen molar-refractivity contribution in [3.63, 3.8) is 0 Å². The standard InChI is InChI=1S/C24H20N4O2/c1-14(15-7-10-18(29)11-8-15)25-28-24(30)22-13-21(26-27-22)19-12-9-17-6-5-16-3-2-4-20(19)23(16)17/h2-4,7-13,29H,5-6H2,1H3,(H,26,27)(H,28,30)/b25-14+. The van der Waals surface area contributed by atoms with E-state index in [0.29, 0.717) is 11.4 Å². The summed E-state index contributed by atoms with van der Waals surface area (Å²) in [6.07, 6.45) is 2.14. The number of aryl methyl sites for hydroxylation is 2. The summed E-state index contributed by atoms with van der Waals surface area (Å²) in [5.74, 6) is -0.179. The molecule has 0 saturated heterocycles. The highest BCUT2D eigenvalue weighted by Gasteiger charge is 2.18. The van der Waals surface area contributed by atoms with Gasteiger partial charge < -0.3 is 5.11 Å². The lowest BCUT2D eigenvalue weighted by Gasteiger charge is -2.06. The van der Waals surface area contributed by atoms with E-state index in [1.807, 2.05) is 0 Å². The summed E-state index contributed by atoms with van der Waals surface area (Å²) in [7, 11) is 0. The zero-order valence-electron chi connectivity index (χ0n) is 16.4. The van der Waals surface area contributed by atoms with E-state index in [0.717, 1.165) is 29.7 Å². The maximum Gasteiger partial charge on any atom is 0.289 e. The van der Waals surface area contributed by atoms with Crippen molar-refractivity contribution in [1.82, 2.24) is 15.6 Å². The Balaban J connectivity index is 1.40. The maximum absolute atomic E-state index is 12.5. The van der Waals surface area contributed by atoms with Gasteiger partial charge in [0.2, 0.25) is 0 Å². The van der Waals surface area contributed by atoms with Gasteiger partial charge in [0.15, 0.2) is 0 Å². The second-order valence-corrected chi connectivity index (χ2v) is 7.46. The predicted molar refractivity (Wildman–Crippen MR) is 117 cm³/mol. The fraction of sp³-hybridized carbons (Fsp3) is 0.125. The molecule has 148 valence electrons. The molecular formula is C24H20N4O2. The third kappa shape index (κ3) is 3.12. The number of hydrogen-bond acceptors (Lipinski definition) is 4. The Bertz CT molecular complexity index is 1290. The number of H-pyrrole nitrogens is 1. The zero-order valence-corrected chi connectivity index (χ0v) is 16.4. The van der Waals surface area contributed by atoms with Gasteiger partial charge in [-0.15, -0.1) is 0 Å². The Hall–Kier alpha value is -3.93. The van der Waals surface area contributed by atoms with Crippen molar-refractivity contribution in [3.8, 4) is 17.0 Å². The molecule has 1 aliphatic carbocycles. The number of amides is 1. The van der Waals surface area contributed by atoms with Crippen molar-refractivity contribution in [3.05, 3.63) is 83.0 Å². The summed E-state index contributed by atoms with van der Waals surface area (Å²) in [4.78, 5) is 12.5. The number of benzene rings is 3. The van der Waals surface area contributed by atoms with Gasteiger partial charge in [0.25, 0.3) is 5.91 Å². The van der Waals surface area contributed by atoms with Crippen molar-refractivity contribution in [2.75, 3.05) is 0 Å². The van der Waals surface area contributed by atoms with Gasteiger partial charge in [-0.05, 0) is 77.6 Å². The van der Waals surface area contributed by atoms with Crippen LogP contribution < -0.4 is 5.43 Å². The van der Waals surface area contributed by atoms with E-state index in [2.05, 4.69) is 51.1 Å². The molecule has 6 heteroatoms. The molecule has 1 amide bonds. The van der Waals surface area contributed by atoms with Crippen LogP contribution in [0.3, 0.4) is 0 Å². The highest BCUT2D eigenvalue weighted by atomic mass is 16.3. The number of hydrazone groups is 1. The van der Waals surface area contributed by atoms with Gasteiger partial charge in [-0.1, -0.05) is 30.3 Å². The maximum atomic E-state index is 12.5. The number of carbonyl (C=O) groups is 1. The molecule has 3 N–H and O–H groups in total. The number of rotatable bonds is 4. The molecule has 6 nitrogen and oxygen atoms in total. The summed E-state index contributed by atoms with van der Waals surface area (Å²) >= 11 is 0. The molecule has 3 aromatic carbocycles. The average Bonchev–Trinajstić information content (AvgIpc) is 3.42. The minimum Gasteiger partial charge on any atom is -0.508 e. The minimum absolute atomic E-state index is 0.184. The van der Waals surface area contributed by atoms with Crippen LogP contribution in [0.5, 0.6) is 5.75 Å². The average molecular weight is 396 g/mol. The van der Waals surface area contributed by atoms with Gasteiger partial charge in [0, 0.05) is 5.56 Å². The van der Waals surface area contributed by atoms with Crippen LogP contribution in [0.25, 0.3) is 22.0 Å². The summed E-state index contributed by atoms with van der Waals surface area (Å²) in [5.41, 5.74) is 8.83. The normalized spacial score (nSPS) is 13.0. The van der Waals surface area contributed by atoms with E-state index in [-0.39, 0.29) is 11.7 Å². The fourth-order valence-electron chi connectivity index (χ4n) is 4.01. The summed E-state index contributed by atoms with van der Waals surface area (Å²) in [6.45, 7) is 1.79. The number of aromatic amines is 1. The lowest BCUT2D eigenvalue weighted by atomic mass is 9.98. The van der Waals surface area contributed by atoms with Crippen molar-refractivity contribution < 1.29 is 9.90 Å². The van der Waals surface area contributed by atoms with E-state index in [1.54, 1.807) is 37.3 Å². The largest absolute Gasteiger partial charge is 0.508 e. The smallest absolute Gasteiger partial charge is 0.289 e. The Morgan fingerprint density at radius 1 is 1.07 bits per heavy atom. The molecule has 0 bridgehead atoms. The number of carbonyl (C=O) groups excluding carboxylic acids is 1. The van der Waals surface area contributed by atoms with Crippen LogP contribution in [0.2, 0.25) is 0 Å². The van der Waals surface area contributed by atoms with Crippen LogP contribution in [0.1, 0.15) is 34.1 Å². The van der Waals surface area contributed by atoms with Gasteiger partial charge in [-0.3, -0.25) is 9.89 Å². The molecule has 0 spiro atoms. The molecule has 1 heterocycles. The van der Waals surface area contributed by atoms with E-state index in [1.165, 1.54) is 21.9 Å². The Kier molecular flexibility index (Phi) is 4.32. The van der Waals surface area contributed by atoms with Gasteiger partial charge in [-0.2, -0.15) is 10.2 Å². The molecule has 1 aliphatic rings. The van der Waals surface area contributed by atoms with Crippen molar-refractivity contribution in [2.45, 2.75) is 19.8 Å². The summed E-state index contributed by atoms with van der Waals surface area (Å²) in [5, 5.41) is 23.2. The van der Waals surface area contributed by atoms with E-state index in [9.17, 15) is 9.90 Å². The lowest BCUT2D eigenvalue weighted by molar-refractivity contribution is 0.0950. The van der Waals surface area contributed by atoms with Crippen LogP contribution in [0.4, 0.5) is 0 Å². The quantitative estimate of drug-likeness (QED) is 0.357. The van der Waals surface area contributed by atoms with Gasteiger partial charge in [0.05, 0.1) is 11.4 Å².